The minimum absolute atomic E-state index is 0.0812. The van der Waals surface area contributed by atoms with Crippen molar-refractivity contribution in [3.05, 3.63) is 30.1 Å². The van der Waals surface area contributed by atoms with E-state index in [2.05, 4.69) is 14.9 Å². The Morgan fingerprint density at radius 2 is 2.16 bits per heavy atom. The maximum absolute atomic E-state index is 13.5. The number of aromatic nitrogens is 2. The molecule has 1 heterocycles. The predicted octanol–water partition coefficient (Wildman–Crippen LogP) is 2.53. The molecule has 0 aliphatic heterocycles. The zero-order chi connectivity index (χ0) is 13.8. The van der Waals surface area contributed by atoms with Gasteiger partial charge >= 0.3 is 5.97 Å². The van der Waals surface area contributed by atoms with Gasteiger partial charge in [-0.1, -0.05) is 23.9 Å². The van der Waals surface area contributed by atoms with E-state index in [0.29, 0.717) is 0 Å². The van der Waals surface area contributed by atoms with Crippen molar-refractivity contribution in [2.24, 2.45) is 0 Å². The molecule has 1 unspecified atom stereocenters. The molecule has 0 saturated carbocycles. The van der Waals surface area contributed by atoms with Gasteiger partial charge in [-0.3, -0.25) is 4.79 Å². The van der Waals surface area contributed by atoms with E-state index in [9.17, 15) is 9.18 Å². The lowest BCUT2D eigenvalue weighted by Crippen LogP contribution is -2.14. The van der Waals surface area contributed by atoms with Gasteiger partial charge in [0.05, 0.1) is 12.7 Å². The van der Waals surface area contributed by atoms with Crippen LogP contribution in [0.3, 0.4) is 0 Å². The van der Waals surface area contributed by atoms with Gasteiger partial charge in [-0.2, -0.15) is 0 Å². The highest BCUT2D eigenvalue weighted by atomic mass is 32.2. The molecule has 0 amide bonds. The molecule has 2 aromatic rings. The number of methoxy groups -OCH3 is 1. The minimum atomic E-state index is -0.473. The molecule has 0 spiro atoms. The predicted molar refractivity (Wildman–Crippen MR) is 67.0 cm³/mol. The van der Waals surface area contributed by atoms with Gasteiger partial charge in [0.1, 0.15) is 11.1 Å². The van der Waals surface area contributed by atoms with Crippen LogP contribution in [0.2, 0.25) is 0 Å². The number of halogens is 1. The van der Waals surface area contributed by atoms with Gasteiger partial charge in [0.2, 0.25) is 0 Å². The van der Waals surface area contributed by atoms with Crippen LogP contribution in [0.1, 0.15) is 6.92 Å². The van der Waals surface area contributed by atoms with E-state index in [4.69, 9.17) is 4.42 Å². The first-order valence-electron chi connectivity index (χ1n) is 5.44. The fraction of sp³-hybridized carbons (Fsp3) is 0.250. The first-order chi connectivity index (χ1) is 9.11. The van der Waals surface area contributed by atoms with Crippen molar-refractivity contribution in [3.63, 3.8) is 0 Å². The van der Waals surface area contributed by atoms with Gasteiger partial charge < -0.3 is 9.15 Å². The van der Waals surface area contributed by atoms with Crippen LogP contribution in [0.4, 0.5) is 4.39 Å². The van der Waals surface area contributed by atoms with Crippen LogP contribution < -0.4 is 0 Å². The molecule has 2 rings (SSSR count). The highest BCUT2D eigenvalue weighted by Crippen LogP contribution is 2.27. The molecule has 19 heavy (non-hydrogen) atoms. The summed E-state index contributed by atoms with van der Waals surface area (Å²) < 4.78 is 23.4. The third-order valence-electron chi connectivity index (χ3n) is 2.32. The largest absolute Gasteiger partial charge is 0.468 e. The summed E-state index contributed by atoms with van der Waals surface area (Å²) in [6.07, 6.45) is 0. The fourth-order valence-electron chi connectivity index (χ4n) is 1.37. The lowest BCUT2D eigenvalue weighted by Gasteiger charge is -2.04. The van der Waals surface area contributed by atoms with Crippen LogP contribution in [-0.2, 0) is 9.53 Å². The van der Waals surface area contributed by atoms with Gasteiger partial charge in [-0.25, -0.2) is 4.39 Å². The van der Waals surface area contributed by atoms with E-state index in [1.165, 1.54) is 13.2 Å². The molecule has 0 aliphatic rings. The second-order valence-corrected chi connectivity index (χ2v) is 4.93. The van der Waals surface area contributed by atoms with E-state index in [-0.39, 0.29) is 16.7 Å². The molecule has 0 bridgehead atoms. The number of hydrogen-bond acceptors (Lipinski definition) is 6. The van der Waals surface area contributed by atoms with Gasteiger partial charge in [0.15, 0.2) is 0 Å². The molecular weight excluding hydrogens is 271 g/mol. The summed E-state index contributed by atoms with van der Waals surface area (Å²) >= 11 is 1.06. The summed E-state index contributed by atoms with van der Waals surface area (Å²) in [5.74, 6) is -0.753. The Labute approximate surface area is 113 Å². The topological polar surface area (TPSA) is 65.2 Å². The normalized spacial score (nSPS) is 12.2. The quantitative estimate of drug-likeness (QED) is 0.634. The average molecular weight is 282 g/mol. The third-order valence-corrected chi connectivity index (χ3v) is 3.23. The van der Waals surface area contributed by atoms with Crippen LogP contribution in [0.15, 0.2) is 33.9 Å². The summed E-state index contributed by atoms with van der Waals surface area (Å²) in [5, 5.41) is 7.24. The number of esters is 1. The number of thioether (sulfide) groups is 1. The first-order valence-corrected chi connectivity index (χ1v) is 6.32. The van der Waals surface area contributed by atoms with Crippen molar-refractivity contribution < 1.29 is 18.3 Å². The number of rotatable bonds is 4. The lowest BCUT2D eigenvalue weighted by molar-refractivity contribution is -0.139. The number of nitrogens with zero attached hydrogens (tertiary/aromatic N) is 2. The monoisotopic (exact) mass is 282 g/mol. The van der Waals surface area contributed by atoms with Gasteiger partial charge in [-0.15, -0.1) is 10.2 Å². The summed E-state index contributed by atoms with van der Waals surface area (Å²) in [6.45, 7) is 1.66. The van der Waals surface area contributed by atoms with Crippen LogP contribution in [-0.4, -0.2) is 28.5 Å². The van der Waals surface area contributed by atoms with Crippen molar-refractivity contribution in [2.45, 2.75) is 17.4 Å². The highest BCUT2D eigenvalue weighted by Gasteiger charge is 2.19. The molecule has 100 valence electrons. The maximum atomic E-state index is 13.5. The Morgan fingerprint density at radius 1 is 1.42 bits per heavy atom. The highest BCUT2D eigenvalue weighted by molar-refractivity contribution is 8.00. The molecule has 1 aromatic heterocycles. The van der Waals surface area contributed by atoms with Gasteiger partial charge in [0, 0.05) is 0 Å². The number of ether oxygens (including phenoxy) is 1. The van der Waals surface area contributed by atoms with Crippen LogP contribution in [0, 0.1) is 5.82 Å². The molecule has 7 heteroatoms. The second kappa shape index (κ2) is 5.83. The molecule has 0 fully saturated rings. The fourth-order valence-corrected chi connectivity index (χ4v) is 2.08. The van der Waals surface area contributed by atoms with E-state index in [1.807, 2.05) is 0 Å². The first kappa shape index (κ1) is 13.5. The summed E-state index contributed by atoms with van der Waals surface area (Å²) in [5.41, 5.74) is 0.229. The van der Waals surface area contributed by atoms with E-state index in [0.717, 1.165) is 11.8 Å². The Kier molecular flexibility index (Phi) is 4.16. The Balaban J connectivity index is 2.16. The third kappa shape index (κ3) is 3.11. The maximum Gasteiger partial charge on any atom is 0.319 e. The zero-order valence-electron chi connectivity index (χ0n) is 10.3. The van der Waals surface area contributed by atoms with Gasteiger partial charge in [0.25, 0.3) is 11.1 Å². The molecule has 0 radical (unpaired) electrons. The van der Waals surface area contributed by atoms with Gasteiger partial charge in [-0.05, 0) is 19.1 Å². The lowest BCUT2D eigenvalue weighted by atomic mass is 10.2. The summed E-state index contributed by atoms with van der Waals surface area (Å²) in [6, 6.07) is 6.10. The Bertz CT molecular complexity index is 588. The molecule has 0 N–H and O–H groups in total. The van der Waals surface area contributed by atoms with Crippen molar-refractivity contribution in [2.75, 3.05) is 7.11 Å². The number of carbonyl (C=O) groups excluding carboxylic acids is 1. The van der Waals surface area contributed by atoms with Crippen LogP contribution in [0.25, 0.3) is 11.5 Å². The van der Waals surface area contributed by atoms with Crippen molar-refractivity contribution >= 4 is 17.7 Å². The zero-order valence-corrected chi connectivity index (χ0v) is 11.1. The average Bonchev–Trinajstić information content (AvgIpc) is 2.86. The molecule has 1 atom stereocenters. The van der Waals surface area contributed by atoms with E-state index < -0.39 is 17.0 Å². The molecule has 0 saturated heterocycles. The molecule has 1 aromatic carbocycles. The van der Waals surface area contributed by atoms with Crippen molar-refractivity contribution in [3.8, 4) is 11.5 Å². The smallest absolute Gasteiger partial charge is 0.319 e. The number of carbonyl (C=O) groups is 1. The molecular formula is C12H11FN2O3S. The summed E-state index contributed by atoms with van der Waals surface area (Å²) in [7, 11) is 1.30. The Hall–Kier alpha value is -1.89. The summed E-state index contributed by atoms with van der Waals surface area (Å²) in [4.78, 5) is 11.3. The molecule has 0 aliphatic carbocycles. The van der Waals surface area contributed by atoms with Crippen molar-refractivity contribution in [1.29, 1.82) is 0 Å². The van der Waals surface area contributed by atoms with Crippen LogP contribution >= 0.6 is 11.8 Å². The number of hydrogen-bond donors (Lipinski definition) is 0. The second-order valence-electron chi connectivity index (χ2n) is 3.64. The van der Waals surface area contributed by atoms with E-state index >= 15 is 0 Å². The van der Waals surface area contributed by atoms with Crippen molar-refractivity contribution in [1.82, 2.24) is 10.2 Å². The SMILES string of the molecule is COC(=O)C(C)Sc1nnc(-c2ccccc2F)o1. The molecule has 5 nitrogen and oxygen atoms in total. The van der Waals surface area contributed by atoms with Crippen LogP contribution in [0.5, 0.6) is 0 Å². The standard InChI is InChI=1S/C12H11FN2O3S/c1-7(11(16)17-2)19-12-15-14-10(18-12)8-5-3-4-6-9(8)13/h3-7H,1-2H3. The minimum Gasteiger partial charge on any atom is -0.468 e. The Morgan fingerprint density at radius 3 is 2.84 bits per heavy atom. The van der Waals surface area contributed by atoms with E-state index in [1.54, 1.807) is 25.1 Å². The number of benzene rings is 1.